The fraction of sp³-hybridized carbons (Fsp3) is 0.222. The van der Waals surface area contributed by atoms with Crippen LogP contribution in [0.25, 0.3) is 10.6 Å². The molecule has 2 heterocycles. The zero-order chi connectivity index (χ0) is 11.1. The van der Waals surface area contributed by atoms with Crippen molar-refractivity contribution in [2.24, 2.45) is 0 Å². The summed E-state index contributed by atoms with van der Waals surface area (Å²) in [6.07, 6.45) is 0. The molecule has 0 bridgehead atoms. The lowest BCUT2D eigenvalue weighted by molar-refractivity contribution is -0.0105. The maximum atomic E-state index is 12.8. The minimum Gasteiger partial charge on any atom is -0.499 e. The molecular weight excluding hydrogens is 224 g/mol. The zero-order valence-corrected chi connectivity index (χ0v) is 8.52. The molecule has 0 spiro atoms. The van der Waals surface area contributed by atoms with Crippen LogP contribution in [-0.4, -0.2) is 10.3 Å². The fourth-order valence-electron chi connectivity index (χ4n) is 1.06. The van der Waals surface area contributed by atoms with Crippen molar-refractivity contribution < 1.29 is 18.4 Å². The molecule has 0 fully saturated rings. The minimum absolute atomic E-state index is 0.109. The lowest BCUT2D eigenvalue weighted by Gasteiger charge is -2.02. The van der Waals surface area contributed by atoms with Gasteiger partial charge in [0.25, 0.3) is 0 Å². The van der Waals surface area contributed by atoms with E-state index in [4.69, 9.17) is 5.11 Å². The Balaban J connectivity index is 2.36. The molecule has 2 rings (SSSR count). The van der Waals surface area contributed by atoms with Gasteiger partial charge >= 0.3 is 5.92 Å². The molecule has 0 aliphatic rings. The van der Waals surface area contributed by atoms with Crippen LogP contribution < -0.4 is 0 Å². The van der Waals surface area contributed by atoms with Gasteiger partial charge in [0, 0.05) is 13.0 Å². The molecule has 0 aliphatic carbocycles. The van der Waals surface area contributed by atoms with Gasteiger partial charge in [0.2, 0.25) is 5.76 Å². The third-order valence-corrected chi connectivity index (χ3v) is 2.70. The van der Waals surface area contributed by atoms with Gasteiger partial charge < -0.3 is 9.63 Å². The maximum absolute atomic E-state index is 12.8. The number of alkyl halides is 2. The minimum atomic E-state index is -3.04. The first-order valence-corrected chi connectivity index (χ1v) is 4.92. The van der Waals surface area contributed by atoms with Crippen LogP contribution >= 0.6 is 11.3 Å². The Labute approximate surface area is 87.9 Å². The largest absolute Gasteiger partial charge is 0.499 e. The standard InChI is InChI=1S/C9H7F2NO2S/c1-9(10,11)7-4-5(12-14-7)6-2-3-8(13)15-6/h2-4,13H,1H3. The third-order valence-electron chi connectivity index (χ3n) is 1.79. The smallest absolute Gasteiger partial charge is 0.304 e. The first-order chi connectivity index (χ1) is 6.97. The summed E-state index contributed by atoms with van der Waals surface area (Å²) in [4.78, 5) is 0.590. The highest BCUT2D eigenvalue weighted by Crippen LogP contribution is 2.34. The fourth-order valence-corrected chi connectivity index (χ4v) is 1.76. The number of thiophene rings is 1. The summed E-state index contributed by atoms with van der Waals surface area (Å²) in [6.45, 7) is 0.739. The molecule has 6 heteroatoms. The highest BCUT2D eigenvalue weighted by molar-refractivity contribution is 7.17. The van der Waals surface area contributed by atoms with Crippen LogP contribution in [-0.2, 0) is 5.92 Å². The Morgan fingerprint density at radius 3 is 2.67 bits per heavy atom. The second-order valence-corrected chi connectivity index (χ2v) is 4.16. The highest BCUT2D eigenvalue weighted by atomic mass is 32.1. The van der Waals surface area contributed by atoms with Crippen LogP contribution in [0.4, 0.5) is 8.78 Å². The predicted molar refractivity (Wildman–Crippen MR) is 51.0 cm³/mol. The molecule has 0 aliphatic heterocycles. The number of halogens is 2. The molecule has 0 atom stereocenters. The molecule has 1 N–H and O–H groups in total. The van der Waals surface area contributed by atoms with Crippen molar-refractivity contribution in [3.05, 3.63) is 24.0 Å². The molecule has 0 unspecified atom stereocenters. The van der Waals surface area contributed by atoms with Gasteiger partial charge in [-0.3, -0.25) is 0 Å². The van der Waals surface area contributed by atoms with E-state index in [-0.39, 0.29) is 5.06 Å². The van der Waals surface area contributed by atoms with E-state index in [1.165, 1.54) is 12.1 Å². The lowest BCUT2D eigenvalue weighted by atomic mass is 10.2. The van der Waals surface area contributed by atoms with Gasteiger partial charge in [-0.15, -0.1) is 0 Å². The van der Waals surface area contributed by atoms with E-state index in [0.29, 0.717) is 10.6 Å². The number of rotatable bonds is 2. The molecule has 0 radical (unpaired) electrons. The SMILES string of the molecule is CC(F)(F)c1cc(-c2ccc(O)s2)no1. The van der Waals surface area contributed by atoms with Gasteiger partial charge in [0.15, 0.2) is 5.06 Å². The molecule has 2 aromatic rings. The molecule has 0 aromatic carbocycles. The predicted octanol–water partition coefficient (Wildman–Crippen LogP) is 3.22. The molecule has 3 nitrogen and oxygen atoms in total. The van der Waals surface area contributed by atoms with Gasteiger partial charge in [-0.2, -0.15) is 8.78 Å². The Morgan fingerprint density at radius 1 is 1.47 bits per heavy atom. The van der Waals surface area contributed by atoms with E-state index in [2.05, 4.69) is 9.68 Å². The molecule has 0 saturated carbocycles. The van der Waals surface area contributed by atoms with Crippen LogP contribution in [0.1, 0.15) is 12.7 Å². The molecular formula is C9H7F2NO2S. The first-order valence-electron chi connectivity index (χ1n) is 4.11. The van der Waals surface area contributed by atoms with Crippen LogP contribution in [0.15, 0.2) is 22.7 Å². The quantitative estimate of drug-likeness (QED) is 0.863. The van der Waals surface area contributed by atoms with E-state index in [1.54, 1.807) is 6.07 Å². The average molecular weight is 231 g/mol. The van der Waals surface area contributed by atoms with Gasteiger partial charge in [-0.1, -0.05) is 16.5 Å². The molecule has 0 saturated heterocycles. The maximum Gasteiger partial charge on any atom is 0.304 e. The van der Waals surface area contributed by atoms with Crippen molar-refractivity contribution in [1.29, 1.82) is 0 Å². The molecule has 0 amide bonds. The van der Waals surface area contributed by atoms with E-state index in [1.807, 2.05) is 0 Å². The number of hydrogen-bond acceptors (Lipinski definition) is 4. The highest BCUT2D eigenvalue weighted by Gasteiger charge is 2.30. The Morgan fingerprint density at radius 2 is 2.20 bits per heavy atom. The number of hydrogen-bond donors (Lipinski definition) is 1. The van der Waals surface area contributed by atoms with Gasteiger partial charge in [0.1, 0.15) is 5.69 Å². The van der Waals surface area contributed by atoms with Gasteiger partial charge in [-0.05, 0) is 12.1 Å². The summed E-state index contributed by atoms with van der Waals surface area (Å²) < 4.78 is 30.1. The summed E-state index contributed by atoms with van der Waals surface area (Å²) in [5.41, 5.74) is 0.303. The summed E-state index contributed by atoms with van der Waals surface area (Å²) >= 11 is 1.05. The van der Waals surface area contributed by atoms with E-state index >= 15 is 0 Å². The topological polar surface area (TPSA) is 46.3 Å². The van der Waals surface area contributed by atoms with Crippen molar-refractivity contribution in [2.75, 3.05) is 0 Å². The van der Waals surface area contributed by atoms with Crippen molar-refractivity contribution in [1.82, 2.24) is 5.16 Å². The summed E-state index contributed by atoms with van der Waals surface area (Å²) in [7, 11) is 0. The van der Waals surface area contributed by atoms with Crippen molar-refractivity contribution in [3.8, 4) is 15.6 Å². The third kappa shape index (κ3) is 1.99. The van der Waals surface area contributed by atoms with Gasteiger partial charge in [-0.25, -0.2) is 0 Å². The average Bonchev–Trinajstić information content (AvgIpc) is 2.69. The van der Waals surface area contributed by atoms with Gasteiger partial charge in [0.05, 0.1) is 4.88 Å². The van der Waals surface area contributed by atoms with Crippen molar-refractivity contribution in [2.45, 2.75) is 12.8 Å². The van der Waals surface area contributed by atoms with Crippen molar-refractivity contribution >= 4 is 11.3 Å². The lowest BCUT2D eigenvalue weighted by Crippen LogP contribution is -2.04. The van der Waals surface area contributed by atoms with Crippen LogP contribution in [0, 0.1) is 0 Å². The normalized spacial score (nSPS) is 11.9. The molecule has 2 aromatic heterocycles. The summed E-state index contributed by atoms with van der Waals surface area (Å²) in [5, 5.41) is 12.7. The Bertz CT molecular complexity index is 472. The first kappa shape index (κ1) is 10.1. The van der Waals surface area contributed by atoms with Crippen molar-refractivity contribution in [3.63, 3.8) is 0 Å². The Hall–Kier alpha value is -1.43. The second-order valence-electron chi connectivity index (χ2n) is 3.10. The Kier molecular flexibility index (Phi) is 2.22. The number of nitrogens with zero attached hydrogens (tertiary/aromatic N) is 1. The van der Waals surface area contributed by atoms with Crippen LogP contribution in [0.3, 0.4) is 0 Å². The number of aromatic nitrogens is 1. The molecule has 15 heavy (non-hydrogen) atoms. The number of aromatic hydroxyl groups is 1. The summed E-state index contributed by atoms with van der Waals surface area (Å²) in [5.74, 6) is -3.52. The monoisotopic (exact) mass is 231 g/mol. The zero-order valence-electron chi connectivity index (χ0n) is 7.70. The van der Waals surface area contributed by atoms with Crippen LogP contribution in [0.5, 0.6) is 5.06 Å². The van der Waals surface area contributed by atoms with E-state index in [9.17, 15) is 8.78 Å². The second kappa shape index (κ2) is 3.30. The van der Waals surface area contributed by atoms with E-state index in [0.717, 1.165) is 18.3 Å². The molecule has 80 valence electrons. The van der Waals surface area contributed by atoms with Crippen LogP contribution in [0.2, 0.25) is 0 Å². The van der Waals surface area contributed by atoms with E-state index < -0.39 is 11.7 Å². The summed E-state index contributed by atoms with van der Waals surface area (Å²) in [6, 6.07) is 4.24.